The summed E-state index contributed by atoms with van der Waals surface area (Å²) in [5.41, 5.74) is 0.717. The summed E-state index contributed by atoms with van der Waals surface area (Å²) in [5.74, 6) is -0.625. The van der Waals surface area contributed by atoms with E-state index in [2.05, 4.69) is 25.6 Å². The number of anilines is 2. The third-order valence-corrected chi connectivity index (χ3v) is 6.34. The Morgan fingerprint density at radius 2 is 1.83 bits per heavy atom. The lowest BCUT2D eigenvalue weighted by atomic mass is 9.73. The average Bonchev–Trinajstić information content (AvgIpc) is 2.80. The number of aliphatic hydroxyl groups excluding tert-OH is 1. The monoisotopic (exact) mass is 489 g/mol. The molecule has 0 aliphatic heterocycles. The van der Waals surface area contributed by atoms with E-state index in [0.29, 0.717) is 30.5 Å². The highest BCUT2D eigenvalue weighted by molar-refractivity contribution is 5.63. The highest BCUT2D eigenvalue weighted by Crippen LogP contribution is 2.39. The SMILES string of the molecule is CC1(C)C[C@H](Nc2nc(NCc3cccnc3-c3ccc(F)cc3)ncc2C(F)(F)F)CC[C@@H]1O. The van der Waals surface area contributed by atoms with Crippen LogP contribution in [0.4, 0.5) is 29.3 Å². The van der Waals surface area contributed by atoms with Crippen LogP contribution in [-0.2, 0) is 12.7 Å². The van der Waals surface area contributed by atoms with Crippen LogP contribution >= 0.6 is 0 Å². The van der Waals surface area contributed by atoms with Crippen LogP contribution in [0.5, 0.6) is 0 Å². The first-order valence-corrected chi connectivity index (χ1v) is 11.4. The molecule has 0 saturated heterocycles. The fourth-order valence-corrected chi connectivity index (χ4v) is 4.35. The molecular weight excluding hydrogens is 462 g/mol. The van der Waals surface area contributed by atoms with Gasteiger partial charge in [0.05, 0.1) is 11.8 Å². The van der Waals surface area contributed by atoms with Gasteiger partial charge in [-0.2, -0.15) is 18.2 Å². The minimum absolute atomic E-state index is 0.0320. The van der Waals surface area contributed by atoms with Crippen molar-refractivity contribution in [2.45, 2.75) is 58.0 Å². The Labute approximate surface area is 200 Å². The Morgan fingerprint density at radius 1 is 1.09 bits per heavy atom. The molecule has 2 atom stereocenters. The van der Waals surface area contributed by atoms with Gasteiger partial charge in [0.25, 0.3) is 0 Å². The maximum Gasteiger partial charge on any atom is 0.421 e. The molecule has 1 aromatic carbocycles. The van der Waals surface area contributed by atoms with E-state index in [4.69, 9.17) is 0 Å². The standard InChI is InChI=1S/C25H27F4N5O/c1-24(2)12-18(9-10-20(24)35)33-22-19(25(27,28)29)14-32-23(34-22)31-13-16-4-3-11-30-21(16)15-5-7-17(26)8-6-15/h3-8,11,14,18,20,35H,9-10,12-13H2,1-2H3,(H2,31,32,33,34)/t18-,20+/m1/s1. The van der Waals surface area contributed by atoms with Crippen molar-refractivity contribution < 1.29 is 22.7 Å². The number of hydrogen-bond donors (Lipinski definition) is 3. The Bertz CT molecular complexity index is 1170. The molecule has 2 heterocycles. The zero-order valence-corrected chi connectivity index (χ0v) is 19.4. The third kappa shape index (κ3) is 5.87. The van der Waals surface area contributed by atoms with Crippen molar-refractivity contribution >= 4 is 11.8 Å². The second kappa shape index (κ2) is 9.77. The third-order valence-electron chi connectivity index (χ3n) is 6.34. The quantitative estimate of drug-likeness (QED) is 0.388. The van der Waals surface area contributed by atoms with Crippen molar-refractivity contribution in [3.8, 4) is 11.3 Å². The molecule has 0 spiro atoms. The largest absolute Gasteiger partial charge is 0.421 e. The number of benzene rings is 1. The summed E-state index contributed by atoms with van der Waals surface area (Å²) >= 11 is 0. The molecule has 35 heavy (non-hydrogen) atoms. The number of aliphatic hydroxyl groups is 1. The number of rotatable bonds is 6. The first-order valence-electron chi connectivity index (χ1n) is 11.4. The van der Waals surface area contributed by atoms with E-state index in [0.717, 1.165) is 11.8 Å². The minimum atomic E-state index is -4.62. The second-order valence-electron chi connectivity index (χ2n) is 9.45. The fraction of sp³-hybridized carbons (Fsp3) is 0.400. The Balaban J connectivity index is 1.55. The maximum absolute atomic E-state index is 13.7. The second-order valence-corrected chi connectivity index (χ2v) is 9.45. The summed E-state index contributed by atoms with van der Waals surface area (Å²) < 4.78 is 54.3. The van der Waals surface area contributed by atoms with Crippen molar-refractivity contribution in [1.29, 1.82) is 0 Å². The topological polar surface area (TPSA) is 83.0 Å². The zero-order chi connectivity index (χ0) is 25.2. The van der Waals surface area contributed by atoms with E-state index in [-0.39, 0.29) is 30.2 Å². The van der Waals surface area contributed by atoms with E-state index >= 15 is 0 Å². The van der Waals surface area contributed by atoms with Crippen LogP contribution in [-0.4, -0.2) is 32.2 Å². The van der Waals surface area contributed by atoms with Crippen LogP contribution in [0, 0.1) is 11.2 Å². The Hall–Kier alpha value is -3.27. The Kier molecular flexibility index (Phi) is 6.93. The zero-order valence-electron chi connectivity index (χ0n) is 19.4. The van der Waals surface area contributed by atoms with Gasteiger partial charge in [0.15, 0.2) is 0 Å². The summed E-state index contributed by atoms with van der Waals surface area (Å²) in [6.07, 6.45) is -1.20. The molecule has 4 rings (SSSR count). The normalized spacial score (nSPS) is 19.9. The van der Waals surface area contributed by atoms with Crippen LogP contribution in [0.3, 0.4) is 0 Å². The summed E-state index contributed by atoms with van der Waals surface area (Å²) in [7, 11) is 0. The van der Waals surface area contributed by atoms with Crippen molar-refractivity contribution in [3.05, 3.63) is 65.7 Å². The van der Waals surface area contributed by atoms with Gasteiger partial charge in [-0.25, -0.2) is 9.37 Å². The molecule has 0 amide bonds. The fourth-order valence-electron chi connectivity index (χ4n) is 4.35. The molecule has 1 fully saturated rings. The number of nitrogens with one attached hydrogen (secondary N) is 2. The van der Waals surface area contributed by atoms with Gasteiger partial charge in [0.2, 0.25) is 5.95 Å². The predicted octanol–water partition coefficient (Wildman–Crippen LogP) is 5.66. The van der Waals surface area contributed by atoms with Crippen LogP contribution in [0.15, 0.2) is 48.8 Å². The van der Waals surface area contributed by atoms with Crippen molar-refractivity contribution in [2.75, 3.05) is 10.6 Å². The molecule has 6 nitrogen and oxygen atoms in total. The molecular formula is C25H27F4N5O. The van der Waals surface area contributed by atoms with Gasteiger partial charge >= 0.3 is 6.18 Å². The van der Waals surface area contributed by atoms with Gasteiger partial charge in [-0.3, -0.25) is 4.98 Å². The average molecular weight is 490 g/mol. The number of pyridine rings is 1. The van der Waals surface area contributed by atoms with E-state index in [1.165, 1.54) is 12.1 Å². The van der Waals surface area contributed by atoms with E-state index < -0.39 is 23.3 Å². The van der Waals surface area contributed by atoms with E-state index in [1.54, 1.807) is 24.4 Å². The summed E-state index contributed by atoms with van der Waals surface area (Å²) in [6.45, 7) is 4.00. The van der Waals surface area contributed by atoms with Gasteiger partial charge < -0.3 is 15.7 Å². The summed E-state index contributed by atoms with van der Waals surface area (Å²) in [6, 6.07) is 9.19. The summed E-state index contributed by atoms with van der Waals surface area (Å²) in [5, 5.41) is 16.1. The highest BCUT2D eigenvalue weighted by atomic mass is 19.4. The van der Waals surface area contributed by atoms with Gasteiger partial charge in [-0.1, -0.05) is 19.9 Å². The molecule has 0 unspecified atom stereocenters. The predicted molar refractivity (Wildman–Crippen MR) is 125 cm³/mol. The molecule has 10 heteroatoms. The van der Waals surface area contributed by atoms with Crippen LogP contribution in [0.1, 0.15) is 44.2 Å². The molecule has 0 radical (unpaired) electrons. The van der Waals surface area contributed by atoms with Crippen LogP contribution in [0.2, 0.25) is 0 Å². The maximum atomic E-state index is 13.7. The molecule has 1 saturated carbocycles. The number of alkyl halides is 3. The minimum Gasteiger partial charge on any atom is -0.393 e. The number of aromatic nitrogens is 3. The molecule has 2 aromatic heterocycles. The molecule has 3 aromatic rings. The number of nitrogens with zero attached hydrogens (tertiary/aromatic N) is 3. The van der Waals surface area contributed by atoms with Gasteiger partial charge in [-0.15, -0.1) is 0 Å². The molecule has 0 bridgehead atoms. The first-order chi connectivity index (χ1) is 16.5. The smallest absolute Gasteiger partial charge is 0.393 e. The molecule has 186 valence electrons. The molecule has 1 aliphatic carbocycles. The number of hydrogen-bond acceptors (Lipinski definition) is 6. The molecule has 1 aliphatic rings. The van der Waals surface area contributed by atoms with Crippen molar-refractivity contribution in [1.82, 2.24) is 15.0 Å². The van der Waals surface area contributed by atoms with E-state index in [1.807, 2.05) is 19.9 Å². The van der Waals surface area contributed by atoms with Crippen molar-refractivity contribution in [3.63, 3.8) is 0 Å². The summed E-state index contributed by atoms with van der Waals surface area (Å²) in [4.78, 5) is 12.4. The van der Waals surface area contributed by atoms with Gasteiger partial charge in [0.1, 0.15) is 17.2 Å². The van der Waals surface area contributed by atoms with Crippen LogP contribution < -0.4 is 10.6 Å². The van der Waals surface area contributed by atoms with Crippen molar-refractivity contribution in [2.24, 2.45) is 5.41 Å². The number of halogens is 4. The molecule has 3 N–H and O–H groups in total. The highest BCUT2D eigenvalue weighted by Gasteiger charge is 2.39. The lowest BCUT2D eigenvalue weighted by Crippen LogP contribution is -2.41. The van der Waals surface area contributed by atoms with Gasteiger partial charge in [-0.05, 0) is 60.6 Å². The lowest BCUT2D eigenvalue weighted by Gasteiger charge is -2.40. The first kappa shape index (κ1) is 24.8. The van der Waals surface area contributed by atoms with E-state index in [9.17, 15) is 22.7 Å². The Morgan fingerprint density at radius 3 is 2.51 bits per heavy atom. The van der Waals surface area contributed by atoms with Crippen LogP contribution in [0.25, 0.3) is 11.3 Å². The van der Waals surface area contributed by atoms with Gasteiger partial charge in [0, 0.05) is 30.5 Å². The lowest BCUT2D eigenvalue weighted by molar-refractivity contribution is -0.137.